The summed E-state index contributed by atoms with van der Waals surface area (Å²) in [6, 6.07) is 12.5. The van der Waals surface area contributed by atoms with Crippen LogP contribution in [0, 0.1) is 3.57 Å². The van der Waals surface area contributed by atoms with Crippen molar-refractivity contribution in [2.45, 2.75) is 19.8 Å². The van der Waals surface area contributed by atoms with Gasteiger partial charge in [0, 0.05) is 5.56 Å². The summed E-state index contributed by atoms with van der Waals surface area (Å²) >= 11 is 7.09. The van der Waals surface area contributed by atoms with Gasteiger partial charge in [0.15, 0.2) is 11.7 Å². The summed E-state index contributed by atoms with van der Waals surface area (Å²) in [5, 5.41) is 2.46. The summed E-state index contributed by atoms with van der Waals surface area (Å²) in [4.78, 5) is 24.1. The van der Waals surface area contributed by atoms with Gasteiger partial charge in [-0.05, 0) is 76.6 Å². The second kappa shape index (κ2) is 11.0. The maximum absolute atomic E-state index is 12.2. The third-order valence-electron chi connectivity index (χ3n) is 3.87. The lowest BCUT2D eigenvalue weighted by atomic mass is 10.0. The van der Waals surface area contributed by atoms with Crippen molar-refractivity contribution in [3.05, 3.63) is 57.2 Å². The SMILES string of the molecule is COc1ccc(C(=O)NC(=S)NNC(=O)COc2ccc(C(C)C)cc2)cc1I. The number of rotatable bonds is 6. The fourth-order valence-corrected chi connectivity index (χ4v) is 3.15. The van der Waals surface area contributed by atoms with E-state index < -0.39 is 11.8 Å². The van der Waals surface area contributed by atoms with Crippen LogP contribution in [0.5, 0.6) is 11.5 Å². The van der Waals surface area contributed by atoms with Gasteiger partial charge in [-0.1, -0.05) is 26.0 Å². The lowest BCUT2D eigenvalue weighted by Crippen LogP contribution is -2.49. The lowest BCUT2D eigenvalue weighted by Gasteiger charge is -2.12. The zero-order valence-corrected chi connectivity index (χ0v) is 19.2. The summed E-state index contributed by atoms with van der Waals surface area (Å²) in [7, 11) is 1.56. The average molecular weight is 527 g/mol. The summed E-state index contributed by atoms with van der Waals surface area (Å²) in [6.45, 7) is 4.01. The number of methoxy groups -OCH3 is 1. The van der Waals surface area contributed by atoms with E-state index in [4.69, 9.17) is 21.7 Å². The van der Waals surface area contributed by atoms with E-state index in [1.165, 1.54) is 5.56 Å². The highest BCUT2D eigenvalue weighted by molar-refractivity contribution is 14.1. The first-order valence-electron chi connectivity index (χ1n) is 8.76. The van der Waals surface area contributed by atoms with Crippen LogP contribution in [0.3, 0.4) is 0 Å². The van der Waals surface area contributed by atoms with Gasteiger partial charge in [0.25, 0.3) is 11.8 Å². The van der Waals surface area contributed by atoms with Crippen LogP contribution in [-0.4, -0.2) is 30.6 Å². The van der Waals surface area contributed by atoms with Crippen molar-refractivity contribution in [2.24, 2.45) is 0 Å². The van der Waals surface area contributed by atoms with Gasteiger partial charge in [-0.3, -0.25) is 25.8 Å². The van der Waals surface area contributed by atoms with E-state index in [0.717, 1.165) is 3.57 Å². The van der Waals surface area contributed by atoms with Crippen molar-refractivity contribution >= 4 is 51.7 Å². The first kappa shape index (κ1) is 22.9. The normalized spacial score (nSPS) is 10.2. The molecule has 29 heavy (non-hydrogen) atoms. The standard InChI is InChI=1S/C20H22IN3O4S/c1-12(2)13-4-7-15(8-5-13)28-11-18(25)23-24-20(29)22-19(26)14-6-9-17(27-3)16(21)10-14/h4-10,12H,11H2,1-3H3,(H,23,25)(H2,22,24,26,29). The molecule has 0 saturated heterocycles. The summed E-state index contributed by atoms with van der Waals surface area (Å²) in [5.74, 6) is 0.852. The van der Waals surface area contributed by atoms with E-state index in [-0.39, 0.29) is 11.7 Å². The molecule has 0 aliphatic carbocycles. The third-order valence-corrected chi connectivity index (χ3v) is 4.92. The predicted octanol–water partition coefficient (Wildman–Crippen LogP) is 3.14. The van der Waals surface area contributed by atoms with Gasteiger partial charge in [-0.25, -0.2) is 0 Å². The summed E-state index contributed by atoms with van der Waals surface area (Å²) < 4.78 is 11.4. The van der Waals surface area contributed by atoms with Crippen LogP contribution >= 0.6 is 34.8 Å². The Labute approximate surface area is 188 Å². The Hall–Kier alpha value is -2.40. The van der Waals surface area contributed by atoms with Gasteiger partial charge in [0.2, 0.25) is 0 Å². The molecule has 0 heterocycles. The summed E-state index contributed by atoms with van der Waals surface area (Å²) in [5.41, 5.74) is 6.46. The molecule has 3 N–H and O–H groups in total. The van der Waals surface area contributed by atoms with Gasteiger partial charge in [-0.15, -0.1) is 0 Å². The van der Waals surface area contributed by atoms with E-state index in [2.05, 4.69) is 52.6 Å². The Morgan fingerprint density at radius 3 is 2.38 bits per heavy atom. The van der Waals surface area contributed by atoms with E-state index >= 15 is 0 Å². The molecule has 2 rings (SSSR count). The van der Waals surface area contributed by atoms with Crippen LogP contribution in [0.15, 0.2) is 42.5 Å². The van der Waals surface area contributed by atoms with Crippen LogP contribution in [0.1, 0.15) is 35.7 Å². The van der Waals surface area contributed by atoms with Gasteiger partial charge < -0.3 is 9.47 Å². The monoisotopic (exact) mass is 527 g/mol. The number of carbonyl (C=O) groups is 2. The number of halogens is 1. The molecule has 0 aliphatic heterocycles. The van der Waals surface area contributed by atoms with E-state index in [1.807, 2.05) is 24.3 Å². The van der Waals surface area contributed by atoms with E-state index in [9.17, 15) is 9.59 Å². The van der Waals surface area contributed by atoms with Crippen LogP contribution in [-0.2, 0) is 4.79 Å². The van der Waals surface area contributed by atoms with E-state index in [1.54, 1.807) is 25.3 Å². The largest absolute Gasteiger partial charge is 0.496 e. The molecular weight excluding hydrogens is 505 g/mol. The van der Waals surface area contributed by atoms with Gasteiger partial charge >= 0.3 is 0 Å². The van der Waals surface area contributed by atoms with Gasteiger partial charge in [0.05, 0.1) is 10.7 Å². The number of amides is 2. The zero-order chi connectivity index (χ0) is 21.4. The Kier molecular flexibility index (Phi) is 8.65. The number of hydrazine groups is 1. The number of nitrogens with one attached hydrogen (secondary N) is 3. The molecule has 2 amide bonds. The maximum atomic E-state index is 12.2. The van der Waals surface area contributed by atoms with Crippen molar-refractivity contribution in [1.82, 2.24) is 16.2 Å². The topological polar surface area (TPSA) is 88.7 Å². The number of carbonyl (C=O) groups excluding carboxylic acids is 2. The zero-order valence-electron chi connectivity index (χ0n) is 16.2. The molecule has 2 aromatic rings. The second-order valence-electron chi connectivity index (χ2n) is 6.32. The third kappa shape index (κ3) is 7.17. The Bertz CT molecular complexity index is 888. The summed E-state index contributed by atoms with van der Waals surface area (Å²) in [6.07, 6.45) is 0. The predicted molar refractivity (Wildman–Crippen MR) is 123 cm³/mol. The highest BCUT2D eigenvalue weighted by atomic mass is 127. The minimum atomic E-state index is -0.437. The molecule has 0 saturated carbocycles. The van der Waals surface area contributed by atoms with Crippen molar-refractivity contribution in [3.63, 3.8) is 0 Å². The number of hydrogen-bond donors (Lipinski definition) is 3. The molecular formula is C20H22IN3O4S. The van der Waals surface area contributed by atoms with Gasteiger partial charge in [-0.2, -0.15) is 0 Å². The Balaban J connectivity index is 1.75. The fourth-order valence-electron chi connectivity index (χ4n) is 2.27. The highest BCUT2D eigenvalue weighted by Crippen LogP contribution is 2.21. The molecule has 0 spiro atoms. The molecule has 0 atom stereocenters. The molecule has 0 unspecified atom stereocenters. The van der Waals surface area contributed by atoms with Crippen LogP contribution < -0.4 is 25.6 Å². The molecule has 154 valence electrons. The molecule has 0 radical (unpaired) electrons. The first-order chi connectivity index (χ1) is 13.8. The van der Waals surface area contributed by atoms with Crippen molar-refractivity contribution in [2.75, 3.05) is 13.7 Å². The molecule has 9 heteroatoms. The number of thiocarbonyl (C=S) groups is 1. The highest BCUT2D eigenvalue weighted by Gasteiger charge is 2.11. The van der Waals surface area contributed by atoms with Crippen LogP contribution in [0.4, 0.5) is 0 Å². The maximum Gasteiger partial charge on any atom is 0.276 e. The average Bonchev–Trinajstić information content (AvgIpc) is 2.70. The fraction of sp³-hybridized carbons (Fsp3) is 0.250. The molecule has 0 aromatic heterocycles. The quantitative estimate of drug-likeness (QED) is 0.304. The van der Waals surface area contributed by atoms with Crippen LogP contribution in [0.25, 0.3) is 0 Å². The van der Waals surface area contributed by atoms with Crippen molar-refractivity contribution in [3.8, 4) is 11.5 Å². The molecule has 0 fully saturated rings. The molecule has 0 aliphatic rings. The van der Waals surface area contributed by atoms with E-state index in [0.29, 0.717) is 23.0 Å². The van der Waals surface area contributed by atoms with Gasteiger partial charge in [0.1, 0.15) is 11.5 Å². The van der Waals surface area contributed by atoms with Crippen molar-refractivity contribution < 1.29 is 19.1 Å². The number of benzene rings is 2. The molecule has 0 bridgehead atoms. The molecule has 2 aromatic carbocycles. The smallest absolute Gasteiger partial charge is 0.276 e. The first-order valence-corrected chi connectivity index (χ1v) is 10.2. The lowest BCUT2D eigenvalue weighted by molar-refractivity contribution is -0.123. The second-order valence-corrected chi connectivity index (χ2v) is 7.89. The molecule has 7 nitrogen and oxygen atoms in total. The Morgan fingerprint density at radius 1 is 1.10 bits per heavy atom. The minimum Gasteiger partial charge on any atom is -0.496 e. The number of hydrogen-bond acceptors (Lipinski definition) is 5. The Morgan fingerprint density at radius 2 is 1.79 bits per heavy atom. The van der Waals surface area contributed by atoms with Crippen LogP contribution in [0.2, 0.25) is 0 Å². The number of ether oxygens (including phenoxy) is 2. The van der Waals surface area contributed by atoms with Crippen molar-refractivity contribution in [1.29, 1.82) is 0 Å². The minimum absolute atomic E-state index is 0.0320.